The van der Waals surface area contributed by atoms with Crippen LogP contribution >= 0.6 is 11.6 Å². The molecule has 1 aliphatic rings. The van der Waals surface area contributed by atoms with Crippen LogP contribution < -0.4 is 4.72 Å². The normalized spacial score (nSPS) is 17.7. The first kappa shape index (κ1) is 15.3. The lowest BCUT2D eigenvalue weighted by molar-refractivity contribution is 0.427. The molecule has 0 aliphatic carbocycles. The SMILES string of the molecule is O=S(=O)(Nc1cc(F)cc(Cl)c1O)N1CCCCCC1. The molecule has 1 aliphatic heterocycles. The Morgan fingerprint density at radius 3 is 2.40 bits per heavy atom. The summed E-state index contributed by atoms with van der Waals surface area (Å²) in [5, 5.41) is 9.46. The van der Waals surface area contributed by atoms with Crippen molar-refractivity contribution in [1.82, 2.24) is 4.31 Å². The fourth-order valence-electron chi connectivity index (χ4n) is 2.13. The molecule has 0 aromatic heterocycles. The fraction of sp³-hybridized carbons (Fsp3) is 0.500. The van der Waals surface area contributed by atoms with Crippen LogP contribution in [0.1, 0.15) is 25.7 Å². The molecule has 2 N–H and O–H groups in total. The lowest BCUT2D eigenvalue weighted by atomic mass is 10.2. The summed E-state index contributed by atoms with van der Waals surface area (Å²) >= 11 is 5.62. The molecule has 1 heterocycles. The second-order valence-electron chi connectivity index (χ2n) is 4.70. The third-order valence-electron chi connectivity index (χ3n) is 3.17. The van der Waals surface area contributed by atoms with E-state index in [0.29, 0.717) is 13.1 Å². The molecular weight excluding hydrogens is 307 g/mol. The second kappa shape index (κ2) is 6.15. The van der Waals surface area contributed by atoms with Crippen LogP contribution in [0.25, 0.3) is 0 Å². The van der Waals surface area contributed by atoms with Gasteiger partial charge in [-0.05, 0) is 18.9 Å². The minimum absolute atomic E-state index is 0.237. The first-order chi connectivity index (χ1) is 9.40. The first-order valence-corrected chi connectivity index (χ1v) is 8.18. The van der Waals surface area contributed by atoms with Crippen LogP contribution in [0.4, 0.5) is 10.1 Å². The van der Waals surface area contributed by atoms with E-state index in [9.17, 15) is 17.9 Å². The Morgan fingerprint density at radius 2 is 1.80 bits per heavy atom. The van der Waals surface area contributed by atoms with E-state index < -0.39 is 21.8 Å². The van der Waals surface area contributed by atoms with Gasteiger partial charge >= 0.3 is 10.2 Å². The molecule has 5 nitrogen and oxygen atoms in total. The number of phenolic OH excluding ortho intramolecular Hbond substituents is 1. The summed E-state index contributed by atoms with van der Waals surface area (Å²) in [5.74, 6) is -1.20. The van der Waals surface area contributed by atoms with E-state index in [2.05, 4.69) is 4.72 Å². The number of phenols is 1. The molecule has 0 saturated carbocycles. The third-order valence-corrected chi connectivity index (χ3v) is 4.98. The highest BCUT2D eigenvalue weighted by molar-refractivity contribution is 7.90. The molecule has 2 rings (SSSR count). The van der Waals surface area contributed by atoms with Crippen molar-refractivity contribution >= 4 is 27.5 Å². The van der Waals surface area contributed by atoms with Gasteiger partial charge in [0.05, 0.1) is 10.7 Å². The summed E-state index contributed by atoms with van der Waals surface area (Å²) in [6.07, 6.45) is 3.56. The maximum absolute atomic E-state index is 13.2. The lowest BCUT2D eigenvalue weighted by Crippen LogP contribution is -2.36. The number of benzene rings is 1. The van der Waals surface area contributed by atoms with Gasteiger partial charge in [0.15, 0.2) is 5.75 Å². The van der Waals surface area contributed by atoms with E-state index in [4.69, 9.17) is 11.6 Å². The predicted molar refractivity (Wildman–Crippen MR) is 75.7 cm³/mol. The fourth-order valence-corrected chi connectivity index (χ4v) is 3.64. The van der Waals surface area contributed by atoms with Gasteiger partial charge in [0.2, 0.25) is 0 Å². The zero-order valence-electron chi connectivity index (χ0n) is 10.8. The summed E-state index contributed by atoms with van der Waals surface area (Å²) in [6.45, 7) is 0.832. The van der Waals surface area contributed by atoms with Gasteiger partial charge in [-0.15, -0.1) is 0 Å². The molecule has 0 unspecified atom stereocenters. The Labute approximate surface area is 122 Å². The molecule has 1 aromatic rings. The van der Waals surface area contributed by atoms with E-state index >= 15 is 0 Å². The summed E-state index contributed by atoms with van der Waals surface area (Å²) in [7, 11) is -3.82. The number of nitrogens with one attached hydrogen (secondary N) is 1. The number of rotatable bonds is 3. The van der Waals surface area contributed by atoms with Crippen LogP contribution in [-0.2, 0) is 10.2 Å². The minimum Gasteiger partial charge on any atom is -0.504 e. The average molecular weight is 323 g/mol. The molecule has 1 saturated heterocycles. The van der Waals surface area contributed by atoms with E-state index in [1.165, 1.54) is 4.31 Å². The molecule has 0 bridgehead atoms. The second-order valence-corrected chi connectivity index (χ2v) is 6.78. The van der Waals surface area contributed by atoms with E-state index in [1.54, 1.807) is 0 Å². The van der Waals surface area contributed by atoms with Gasteiger partial charge in [-0.2, -0.15) is 12.7 Å². The Bertz CT molecular complexity index is 587. The topological polar surface area (TPSA) is 69.6 Å². The number of hydrogen-bond donors (Lipinski definition) is 2. The van der Waals surface area contributed by atoms with E-state index in [-0.39, 0.29) is 10.7 Å². The summed E-state index contributed by atoms with van der Waals surface area (Å²) in [4.78, 5) is 0. The van der Waals surface area contributed by atoms with Gasteiger partial charge in [-0.1, -0.05) is 24.4 Å². The number of nitrogens with zero attached hydrogens (tertiary/aromatic N) is 1. The monoisotopic (exact) mass is 322 g/mol. The van der Waals surface area contributed by atoms with Crippen molar-refractivity contribution in [2.75, 3.05) is 17.8 Å². The van der Waals surface area contributed by atoms with Crippen molar-refractivity contribution in [3.8, 4) is 5.75 Å². The average Bonchev–Trinajstić information content (AvgIpc) is 2.64. The van der Waals surface area contributed by atoms with Gasteiger partial charge in [0.1, 0.15) is 5.82 Å². The zero-order valence-corrected chi connectivity index (χ0v) is 12.3. The van der Waals surface area contributed by atoms with Crippen molar-refractivity contribution in [3.63, 3.8) is 0 Å². The lowest BCUT2D eigenvalue weighted by Gasteiger charge is -2.21. The van der Waals surface area contributed by atoms with E-state index in [0.717, 1.165) is 37.8 Å². The number of halogens is 2. The summed E-state index contributed by atoms with van der Waals surface area (Å²) in [6, 6.07) is 1.82. The van der Waals surface area contributed by atoms with Gasteiger partial charge in [0.25, 0.3) is 0 Å². The maximum Gasteiger partial charge on any atom is 0.301 e. The predicted octanol–water partition coefficient (Wildman–Crippen LogP) is 2.72. The summed E-state index contributed by atoms with van der Waals surface area (Å²) < 4.78 is 41.2. The quantitative estimate of drug-likeness (QED) is 0.841. The molecule has 112 valence electrons. The minimum atomic E-state index is -3.82. The molecule has 0 atom stereocenters. The molecule has 1 fully saturated rings. The Balaban J connectivity index is 2.23. The van der Waals surface area contributed by atoms with Gasteiger partial charge in [0, 0.05) is 19.2 Å². The summed E-state index contributed by atoms with van der Waals surface area (Å²) in [5.41, 5.74) is -0.251. The zero-order chi connectivity index (χ0) is 14.8. The Hall–Kier alpha value is -1.05. The van der Waals surface area contributed by atoms with Crippen LogP contribution in [0.3, 0.4) is 0 Å². The van der Waals surface area contributed by atoms with Crippen LogP contribution in [0.15, 0.2) is 12.1 Å². The van der Waals surface area contributed by atoms with Crippen molar-refractivity contribution in [2.24, 2.45) is 0 Å². The Kier molecular flexibility index (Phi) is 4.72. The van der Waals surface area contributed by atoms with Gasteiger partial charge < -0.3 is 5.11 Å². The molecule has 0 spiro atoms. The number of hydrogen-bond acceptors (Lipinski definition) is 3. The third kappa shape index (κ3) is 3.53. The smallest absolute Gasteiger partial charge is 0.301 e. The van der Waals surface area contributed by atoms with E-state index in [1.807, 2.05) is 0 Å². The van der Waals surface area contributed by atoms with Crippen LogP contribution in [0, 0.1) is 5.82 Å². The highest BCUT2D eigenvalue weighted by atomic mass is 35.5. The Morgan fingerprint density at radius 1 is 1.20 bits per heavy atom. The number of aromatic hydroxyl groups is 1. The van der Waals surface area contributed by atoms with Crippen LogP contribution in [-0.4, -0.2) is 30.9 Å². The van der Waals surface area contributed by atoms with Crippen molar-refractivity contribution < 1.29 is 17.9 Å². The van der Waals surface area contributed by atoms with Crippen LogP contribution in [0.5, 0.6) is 5.75 Å². The molecule has 0 radical (unpaired) electrons. The standard InChI is InChI=1S/C12H16ClFN2O3S/c13-10-7-9(14)8-11(12(10)17)15-20(18,19)16-5-3-1-2-4-6-16/h7-8,15,17H,1-6H2. The number of anilines is 1. The molecule has 1 aromatic carbocycles. The highest BCUT2D eigenvalue weighted by Gasteiger charge is 2.24. The first-order valence-electron chi connectivity index (χ1n) is 6.36. The van der Waals surface area contributed by atoms with Crippen molar-refractivity contribution in [3.05, 3.63) is 23.0 Å². The van der Waals surface area contributed by atoms with Gasteiger partial charge in [-0.3, -0.25) is 4.72 Å². The molecule has 8 heteroatoms. The molecular formula is C12H16ClFN2O3S. The van der Waals surface area contributed by atoms with Crippen molar-refractivity contribution in [1.29, 1.82) is 0 Å². The highest BCUT2D eigenvalue weighted by Crippen LogP contribution is 2.33. The van der Waals surface area contributed by atoms with Crippen LogP contribution in [0.2, 0.25) is 5.02 Å². The largest absolute Gasteiger partial charge is 0.504 e. The van der Waals surface area contributed by atoms with Crippen molar-refractivity contribution in [2.45, 2.75) is 25.7 Å². The van der Waals surface area contributed by atoms with Gasteiger partial charge in [-0.25, -0.2) is 4.39 Å². The molecule has 20 heavy (non-hydrogen) atoms. The molecule has 0 amide bonds. The maximum atomic E-state index is 13.2.